The summed E-state index contributed by atoms with van der Waals surface area (Å²) in [6.45, 7) is 6.27. The Morgan fingerprint density at radius 2 is 1.97 bits per heavy atom. The molecule has 1 aliphatic heterocycles. The Kier molecular flexibility index (Phi) is 6.77. The van der Waals surface area contributed by atoms with Gasteiger partial charge in [0, 0.05) is 19.3 Å². The number of anilines is 1. The predicted molar refractivity (Wildman–Crippen MR) is 112 cm³/mol. The van der Waals surface area contributed by atoms with Gasteiger partial charge in [0.15, 0.2) is 0 Å². The fourth-order valence-corrected chi connectivity index (χ4v) is 3.20. The topological polar surface area (TPSA) is 84.9 Å². The van der Waals surface area contributed by atoms with E-state index in [1.165, 1.54) is 17.2 Å². The van der Waals surface area contributed by atoms with Gasteiger partial charge in [0.05, 0.1) is 6.04 Å². The molecule has 0 aliphatic carbocycles. The maximum atomic E-state index is 13.0. The van der Waals surface area contributed by atoms with Crippen LogP contribution in [0.4, 0.5) is 15.5 Å². The molecule has 2 heterocycles. The molecule has 0 spiro atoms. The zero-order chi connectivity index (χ0) is 21.7. The Bertz CT molecular complexity index is 888. The van der Waals surface area contributed by atoms with Crippen molar-refractivity contribution in [1.29, 1.82) is 0 Å². The van der Waals surface area contributed by atoms with Crippen LogP contribution in [0.1, 0.15) is 32.8 Å². The molecule has 0 radical (unpaired) electrons. The van der Waals surface area contributed by atoms with Gasteiger partial charge in [0.1, 0.15) is 17.4 Å². The first-order valence-electron chi connectivity index (χ1n) is 9.69. The van der Waals surface area contributed by atoms with Crippen LogP contribution >= 0.6 is 11.6 Å². The number of carbonyl (C=O) groups is 2. The van der Waals surface area contributed by atoms with Crippen LogP contribution in [0.5, 0.6) is 0 Å². The Hall–Kier alpha value is -2.87. The predicted octanol–water partition coefficient (Wildman–Crippen LogP) is 4.28. The van der Waals surface area contributed by atoms with E-state index < -0.39 is 17.8 Å². The summed E-state index contributed by atoms with van der Waals surface area (Å²) < 4.78 is 10.9. The Balaban J connectivity index is 1.75. The number of hydrogen-bond acceptors (Lipinski definition) is 6. The number of nitrogens with zero attached hydrogens (tertiary/aromatic N) is 4. The minimum Gasteiger partial charge on any atom is -0.444 e. The Labute approximate surface area is 180 Å². The summed E-state index contributed by atoms with van der Waals surface area (Å²) >= 11 is 6.01. The lowest BCUT2D eigenvalue weighted by atomic mass is 10.2. The molecule has 160 valence electrons. The zero-order valence-corrected chi connectivity index (χ0v) is 18.0. The SMILES string of the molecule is CC(C)(C)OC(=O)N1CCC(N(C(=O)OCc2ccccc2)c2nccc(Cl)n2)C1. The van der Waals surface area contributed by atoms with E-state index in [1.54, 1.807) is 4.90 Å². The Morgan fingerprint density at radius 3 is 2.63 bits per heavy atom. The fraction of sp³-hybridized carbons (Fsp3) is 0.429. The number of hydrogen-bond donors (Lipinski definition) is 0. The minimum absolute atomic E-state index is 0.110. The van der Waals surface area contributed by atoms with Gasteiger partial charge in [0.25, 0.3) is 0 Å². The molecule has 1 aromatic heterocycles. The molecular weight excluding hydrogens is 408 g/mol. The highest BCUT2D eigenvalue weighted by atomic mass is 35.5. The summed E-state index contributed by atoms with van der Waals surface area (Å²) in [5.41, 5.74) is 0.263. The minimum atomic E-state index is -0.600. The maximum absolute atomic E-state index is 13.0. The molecule has 0 saturated carbocycles. The van der Waals surface area contributed by atoms with E-state index in [-0.39, 0.29) is 30.3 Å². The van der Waals surface area contributed by atoms with Gasteiger partial charge in [0.2, 0.25) is 5.95 Å². The van der Waals surface area contributed by atoms with E-state index in [0.717, 1.165) is 5.56 Å². The van der Waals surface area contributed by atoms with Gasteiger partial charge in [-0.05, 0) is 38.8 Å². The molecule has 1 unspecified atom stereocenters. The molecule has 1 saturated heterocycles. The van der Waals surface area contributed by atoms with E-state index in [2.05, 4.69) is 9.97 Å². The molecule has 1 atom stereocenters. The molecular formula is C21H25ClN4O4. The van der Waals surface area contributed by atoms with Crippen LogP contribution in [0, 0.1) is 0 Å². The number of likely N-dealkylation sites (tertiary alicyclic amines) is 1. The van der Waals surface area contributed by atoms with Gasteiger partial charge in [-0.1, -0.05) is 41.9 Å². The van der Waals surface area contributed by atoms with Crippen molar-refractivity contribution in [3.63, 3.8) is 0 Å². The third-order valence-corrected chi connectivity index (χ3v) is 4.62. The number of halogens is 1. The largest absolute Gasteiger partial charge is 0.444 e. The Morgan fingerprint density at radius 1 is 1.23 bits per heavy atom. The number of aromatic nitrogens is 2. The normalized spacial score (nSPS) is 16.3. The maximum Gasteiger partial charge on any atom is 0.417 e. The standard InChI is InChI=1S/C21H25ClN4O4/c1-21(2,3)30-19(27)25-12-10-16(13-25)26(18-23-11-9-17(22)24-18)20(28)29-14-15-7-5-4-6-8-15/h4-9,11,16H,10,12-14H2,1-3H3. The number of amides is 2. The molecule has 30 heavy (non-hydrogen) atoms. The number of benzene rings is 1. The molecule has 8 nitrogen and oxygen atoms in total. The summed E-state index contributed by atoms with van der Waals surface area (Å²) in [7, 11) is 0. The van der Waals surface area contributed by atoms with Crippen LogP contribution in [0.3, 0.4) is 0 Å². The van der Waals surface area contributed by atoms with Gasteiger partial charge in [-0.2, -0.15) is 0 Å². The second-order valence-corrected chi connectivity index (χ2v) is 8.35. The summed E-state index contributed by atoms with van der Waals surface area (Å²) in [6.07, 6.45) is 0.991. The van der Waals surface area contributed by atoms with E-state index in [0.29, 0.717) is 13.0 Å². The van der Waals surface area contributed by atoms with Crippen molar-refractivity contribution in [3.05, 3.63) is 53.3 Å². The van der Waals surface area contributed by atoms with Crippen molar-refractivity contribution >= 4 is 29.7 Å². The van der Waals surface area contributed by atoms with Crippen LogP contribution in [-0.4, -0.2) is 51.8 Å². The zero-order valence-electron chi connectivity index (χ0n) is 17.2. The number of carbonyl (C=O) groups excluding carboxylic acids is 2. The summed E-state index contributed by atoms with van der Waals surface area (Å²) in [5.74, 6) is 0.136. The highest BCUT2D eigenvalue weighted by molar-refractivity contribution is 6.29. The van der Waals surface area contributed by atoms with Crippen molar-refractivity contribution in [1.82, 2.24) is 14.9 Å². The fourth-order valence-electron chi connectivity index (χ4n) is 3.07. The average Bonchev–Trinajstić information content (AvgIpc) is 3.16. The van der Waals surface area contributed by atoms with Gasteiger partial charge in [-0.3, -0.25) is 0 Å². The number of ether oxygens (including phenoxy) is 2. The van der Waals surface area contributed by atoms with Crippen molar-refractivity contribution in [2.75, 3.05) is 18.0 Å². The van der Waals surface area contributed by atoms with Gasteiger partial charge < -0.3 is 14.4 Å². The molecule has 2 aromatic rings. The number of rotatable bonds is 4. The van der Waals surface area contributed by atoms with Crippen LogP contribution in [-0.2, 0) is 16.1 Å². The molecule has 1 aromatic carbocycles. The molecule has 1 fully saturated rings. The van der Waals surface area contributed by atoms with Crippen molar-refractivity contribution in [2.45, 2.75) is 45.4 Å². The highest BCUT2D eigenvalue weighted by Gasteiger charge is 2.37. The summed E-state index contributed by atoms with van der Waals surface area (Å²) in [4.78, 5) is 36.7. The molecule has 9 heteroatoms. The lowest BCUT2D eigenvalue weighted by Gasteiger charge is -2.27. The smallest absolute Gasteiger partial charge is 0.417 e. The van der Waals surface area contributed by atoms with Gasteiger partial charge in [-0.15, -0.1) is 0 Å². The first kappa shape index (κ1) is 21.8. The molecule has 3 rings (SSSR count). The lowest BCUT2D eigenvalue weighted by Crippen LogP contribution is -2.44. The lowest BCUT2D eigenvalue weighted by molar-refractivity contribution is 0.0291. The first-order valence-corrected chi connectivity index (χ1v) is 10.1. The van der Waals surface area contributed by atoms with Crippen LogP contribution in [0.2, 0.25) is 5.15 Å². The second kappa shape index (κ2) is 9.30. The van der Waals surface area contributed by atoms with Crippen molar-refractivity contribution in [3.8, 4) is 0 Å². The van der Waals surface area contributed by atoms with E-state index >= 15 is 0 Å². The van der Waals surface area contributed by atoms with E-state index in [9.17, 15) is 9.59 Å². The first-order chi connectivity index (χ1) is 14.2. The quantitative estimate of drug-likeness (QED) is 0.670. The molecule has 2 amide bonds. The third kappa shape index (κ3) is 5.82. The molecule has 0 N–H and O–H groups in total. The van der Waals surface area contributed by atoms with Gasteiger partial charge in [-0.25, -0.2) is 24.5 Å². The average molecular weight is 433 g/mol. The van der Waals surface area contributed by atoms with Gasteiger partial charge >= 0.3 is 12.2 Å². The summed E-state index contributed by atoms with van der Waals surface area (Å²) in [6, 6.07) is 10.5. The van der Waals surface area contributed by atoms with Crippen LogP contribution in [0.15, 0.2) is 42.6 Å². The van der Waals surface area contributed by atoms with Crippen LogP contribution < -0.4 is 4.90 Å². The molecule has 1 aliphatic rings. The van der Waals surface area contributed by atoms with Crippen LogP contribution in [0.25, 0.3) is 0 Å². The molecule has 0 bridgehead atoms. The van der Waals surface area contributed by atoms with Crippen molar-refractivity contribution < 1.29 is 19.1 Å². The van der Waals surface area contributed by atoms with Crippen molar-refractivity contribution in [2.24, 2.45) is 0 Å². The van der Waals surface area contributed by atoms with E-state index in [1.807, 2.05) is 51.1 Å². The monoisotopic (exact) mass is 432 g/mol. The van der Waals surface area contributed by atoms with E-state index in [4.69, 9.17) is 21.1 Å². The second-order valence-electron chi connectivity index (χ2n) is 7.96. The summed E-state index contributed by atoms with van der Waals surface area (Å²) in [5, 5.41) is 0.211. The highest BCUT2D eigenvalue weighted by Crippen LogP contribution is 2.24. The third-order valence-electron chi connectivity index (χ3n) is 4.41.